The van der Waals surface area contributed by atoms with Crippen LogP contribution in [0.1, 0.15) is 37.1 Å². The molecule has 2 N–H and O–H groups in total. The highest BCUT2D eigenvalue weighted by atomic mass is 32.2. The lowest BCUT2D eigenvalue weighted by molar-refractivity contribution is -0.162. The summed E-state index contributed by atoms with van der Waals surface area (Å²) in [6, 6.07) is 0. The molecule has 1 aliphatic carbocycles. The molecule has 0 amide bonds. The zero-order valence-corrected chi connectivity index (χ0v) is 14.5. The van der Waals surface area contributed by atoms with E-state index in [1.165, 1.54) is 13.8 Å². The normalized spacial score (nSPS) is 28.9. The van der Waals surface area contributed by atoms with E-state index in [0.717, 1.165) is 17.1 Å². The molecule has 0 aromatic carbocycles. The van der Waals surface area contributed by atoms with Crippen LogP contribution in [-0.2, 0) is 14.8 Å². The number of aliphatic hydroxyl groups is 1. The minimum Gasteiger partial charge on any atom is -0.481 e. The number of aliphatic carboxylic acids is 1. The molecule has 2 heterocycles. The minimum atomic E-state index is -3.92. The molecule has 2 aliphatic rings. The molecule has 24 heavy (non-hydrogen) atoms. The standard InChI is InChI=1S/C15H22N2O6S/c1-9-13(10(2)23-16-9)24(21,22)17-6-5-12(18)15(8-17,14(19)20)7-11-3-4-11/h11-12,18H,3-8H2,1-2H3,(H,19,20)/t12-,15+/m1/s1. The van der Waals surface area contributed by atoms with E-state index in [0.29, 0.717) is 6.42 Å². The first-order valence-electron chi connectivity index (χ1n) is 8.03. The smallest absolute Gasteiger partial charge is 0.313 e. The average molecular weight is 358 g/mol. The van der Waals surface area contributed by atoms with Gasteiger partial charge >= 0.3 is 5.97 Å². The highest BCUT2D eigenvalue weighted by Crippen LogP contribution is 2.46. The van der Waals surface area contributed by atoms with Gasteiger partial charge in [0.1, 0.15) is 16.0 Å². The molecule has 8 nitrogen and oxygen atoms in total. The van der Waals surface area contributed by atoms with Crippen LogP contribution in [-0.4, -0.2) is 53.3 Å². The Morgan fingerprint density at radius 2 is 2.04 bits per heavy atom. The summed E-state index contributed by atoms with van der Waals surface area (Å²) < 4.78 is 32.0. The quantitative estimate of drug-likeness (QED) is 0.802. The van der Waals surface area contributed by atoms with Gasteiger partial charge in [0.2, 0.25) is 10.0 Å². The summed E-state index contributed by atoms with van der Waals surface area (Å²) in [5.74, 6) is -0.709. The Hall–Kier alpha value is -1.45. The summed E-state index contributed by atoms with van der Waals surface area (Å²) in [6.45, 7) is 2.90. The van der Waals surface area contributed by atoms with Crippen LogP contribution in [0.2, 0.25) is 0 Å². The van der Waals surface area contributed by atoms with Crippen molar-refractivity contribution in [3.8, 4) is 0 Å². The SMILES string of the molecule is Cc1noc(C)c1S(=O)(=O)N1CC[C@@H](O)[C@@](CC2CC2)(C(=O)O)C1. The fourth-order valence-electron chi connectivity index (χ4n) is 3.55. The van der Waals surface area contributed by atoms with Crippen LogP contribution in [0.25, 0.3) is 0 Å². The number of rotatable bonds is 5. The molecule has 1 saturated carbocycles. The summed E-state index contributed by atoms with van der Waals surface area (Å²) in [7, 11) is -3.92. The van der Waals surface area contributed by atoms with Gasteiger partial charge in [-0.15, -0.1) is 0 Å². The zero-order chi connectivity index (χ0) is 17.7. The lowest BCUT2D eigenvalue weighted by Gasteiger charge is -2.42. The van der Waals surface area contributed by atoms with Crippen molar-refractivity contribution in [1.29, 1.82) is 0 Å². The summed E-state index contributed by atoms with van der Waals surface area (Å²) >= 11 is 0. The van der Waals surface area contributed by atoms with Crippen LogP contribution in [0.4, 0.5) is 0 Å². The molecule has 1 aliphatic heterocycles. The van der Waals surface area contributed by atoms with E-state index in [9.17, 15) is 23.4 Å². The van der Waals surface area contributed by atoms with E-state index in [4.69, 9.17) is 4.52 Å². The van der Waals surface area contributed by atoms with Crippen molar-refractivity contribution in [3.63, 3.8) is 0 Å². The Morgan fingerprint density at radius 1 is 1.38 bits per heavy atom. The number of aryl methyl sites for hydroxylation is 2. The molecule has 9 heteroatoms. The van der Waals surface area contributed by atoms with Gasteiger partial charge in [0.15, 0.2) is 5.76 Å². The van der Waals surface area contributed by atoms with Crippen molar-refractivity contribution < 1.29 is 27.9 Å². The molecule has 0 bridgehead atoms. The first-order chi connectivity index (χ1) is 11.2. The second kappa shape index (κ2) is 5.82. The Bertz CT molecular complexity index is 735. The van der Waals surface area contributed by atoms with Gasteiger partial charge in [-0.05, 0) is 32.6 Å². The third-order valence-electron chi connectivity index (χ3n) is 5.09. The molecule has 2 fully saturated rings. The summed E-state index contributed by atoms with van der Waals surface area (Å²) in [5.41, 5.74) is -1.20. The number of piperidine rings is 1. The van der Waals surface area contributed by atoms with E-state index < -0.39 is 27.5 Å². The van der Waals surface area contributed by atoms with Gasteiger partial charge in [-0.1, -0.05) is 18.0 Å². The fourth-order valence-corrected chi connectivity index (χ4v) is 5.37. The zero-order valence-electron chi connectivity index (χ0n) is 13.7. The molecule has 134 valence electrons. The van der Waals surface area contributed by atoms with Crippen molar-refractivity contribution >= 4 is 16.0 Å². The molecule has 0 radical (unpaired) electrons. The van der Waals surface area contributed by atoms with E-state index >= 15 is 0 Å². The van der Waals surface area contributed by atoms with E-state index in [1.807, 2.05) is 0 Å². The van der Waals surface area contributed by atoms with Crippen molar-refractivity contribution in [2.45, 2.75) is 50.5 Å². The summed E-state index contributed by atoms with van der Waals surface area (Å²) in [6.07, 6.45) is 1.21. The molecule has 0 unspecified atom stereocenters. The molecular weight excluding hydrogens is 336 g/mol. The van der Waals surface area contributed by atoms with Crippen LogP contribution in [0, 0.1) is 25.2 Å². The topological polar surface area (TPSA) is 121 Å². The molecule has 1 aromatic heterocycles. The van der Waals surface area contributed by atoms with Gasteiger partial charge in [-0.3, -0.25) is 4.79 Å². The first kappa shape index (κ1) is 17.4. The Labute approximate surface area is 140 Å². The third kappa shape index (κ3) is 2.74. The summed E-state index contributed by atoms with van der Waals surface area (Å²) in [5, 5.41) is 23.8. The maximum atomic E-state index is 13.0. The Kier molecular flexibility index (Phi) is 4.21. The van der Waals surface area contributed by atoms with Gasteiger partial charge < -0.3 is 14.7 Å². The molecule has 1 aromatic rings. The number of carbonyl (C=O) groups is 1. The van der Waals surface area contributed by atoms with Crippen LogP contribution in [0.3, 0.4) is 0 Å². The second-order valence-corrected chi connectivity index (χ2v) is 8.78. The van der Waals surface area contributed by atoms with Crippen molar-refractivity contribution in [2.75, 3.05) is 13.1 Å². The van der Waals surface area contributed by atoms with E-state index in [-0.39, 0.29) is 41.8 Å². The van der Waals surface area contributed by atoms with Crippen molar-refractivity contribution in [2.24, 2.45) is 11.3 Å². The molecule has 0 spiro atoms. The molecular formula is C15H22N2O6S. The number of nitrogens with zero attached hydrogens (tertiary/aromatic N) is 2. The third-order valence-corrected chi connectivity index (χ3v) is 7.18. The van der Waals surface area contributed by atoms with Gasteiger partial charge in [0.25, 0.3) is 0 Å². The highest BCUT2D eigenvalue weighted by Gasteiger charge is 2.54. The number of aliphatic hydroxyl groups excluding tert-OH is 1. The van der Waals surface area contributed by atoms with Gasteiger partial charge in [0.05, 0.1) is 6.10 Å². The number of sulfonamides is 1. The lowest BCUT2D eigenvalue weighted by Crippen LogP contribution is -2.57. The predicted octanol–water partition coefficient (Wildman–Crippen LogP) is 0.918. The summed E-state index contributed by atoms with van der Waals surface area (Å²) in [4.78, 5) is 11.9. The lowest BCUT2D eigenvalue weighted by atomic mass is 9.74. The number of hydrogen-bond acceptors (Lipinski definition) is 6. The fraction of sp³-hybridized carbons (Fsp3) is 0.733. The molecule has 2 atom stereocenters. The van der Waals surface area contributed by atoms with E-state index in [2.05, 4.69) is 5.16 Å². The van der Waals surface area contributed by atoms with Crippen LogP contribution >= 0.6 is 0 Å². The largest absolute Gasteiger partial charge is 0.481 e. The van der Waals surface area contributed by atoms with Crippen LogP contribution < -0.4 is 0 Å². The second-order valence-electron chi connectivity index (χ2n) is 6.91. The maximum absolute atomic E-state index is 13.0. The monoisotopic (exact) mass is 358 g/mol. The van der Waals surface area contributed by atoms with Gasteiger partial charge in [0, 0.05) is 13.1 Å². The maximum Gasteiger partial charge on any atom is 0.313 e. The Morgan fingerprint density at radius 3 is 2.54 bits per heavy atom. The van der Waals surface area contributed by atoms with Gasteiger partial charge in [-0.25, -0.2) is 8.42 Å². The number of carboxylic acid groups (broad SMARTS) is 1. The highest BCUT2D eigenvalue weighted by molar-refractivity contribution is 7.89. The number of hydrogen-bond donors (Lipinski definition) is 2. The molecule has 3 rings (SSSR count). The predicted molar refractivity (Wildman–Crippen MR) is 82.8 cm³/mol. The number of carboxylic acids is 1. The average Bonchev–Trinajstić information content (AvgIpc) is 3.24. The van der Waals surface area contributed by atoms with Gasteiger partial charge in [-0.2, -0.15) is 4.31 Å². The Balaban J connectivity index is 1.96. The molecule has 1 saturated heterocycles. The van der Waals surface area contributed by atoms with Crippen molar-refractivity contribution in [1.82, 2.24) is 9.46 Å². The van der Waals surface area contributed by atoms with E-state index in [1.54, 1.807) is 0 Å². The van der Waals surface area contributed by atoms with Crippen LogP contribution in [0.15, 0.2) is 9.42 Å². The first-order valence-corrected chi connectivity index (χ1v) is 9.47. The minimum absolute atomic E-state index is 0.00963. The van der Waals surface area contributed by atoms with Crippen LogP contribution in [0.5, 0.6) is 0 Å². The van der Waals surface area contributed by atoms with Crippen molar-refractivity contribution in [3.05, 3.63) is 11.5 Å². The number of aromatic nitrogens is 1.